The maximum absolute atomic E-state index is 5.65. The van der Waals surface area contributed by atoms with Crippen LogP contribution in [0.2, 0.25) is 24.2 Å². The summed E-state index contributed by atoms with van der Waals surface area (Å²) in [5.74, 6) is 0. The highest BCUT2D eigenvalue weighted by molar-refractivity contribution is 6.80. The highest BCUT2D eigenvalue weighted by Gasteiger charge is 2.43. The fourth-order valence-corrected chi connectivity index (χ4v) is 6.57. The Balaban J connectivity index is 1.67. The van der Waals surface area contributed by atoms with Gasteiger partial charge in [-0.05, 0) is 17.9 Å². The minimum absolute atomic E-state index is 0.422. The van der Waals surface area contributed by atoms with Crippen LogP contribution in [0.3, 0.4) is 0 Å². The summed E-state index contributed by atoms with van der Waals surface area (Å²) >= 11 is 0. The smallest absolute Gasteiger partial charge is 0.104 e. The SMILES string of the molecule is CC1(CCCOCC2CO2)CCCC[Si]1(C)C. The van der Waals surface area contributed by atoms with Crippen molar-refractivity contribution in [3.63, 3.8) is 0 Å². The number of rotatable bonds is 6. The standard InChI is InChI=1S/C14H28O2Si/c1-14(7-4-5-10-17(14,2)3)8-6-9-15-11-13-12-16-13/h13H,4-12H2,1-3H3. The molecule has 0 aromatic heterocycles. The molecule has 2 saturated heterocycles. The second-order valence-corrected chi connectivity index (χ2v) is 12.3. The molecule has 17 heavy (non-hydrogen) atoms. The second kappa shape index (κ2) is 5.41. The number of ether oxygens (including phenoxy) is 2. The monoisotopic (exact) mass is 256 g/mol. The van der Waals surface area contributed by atoms with Gasteiger partial charge in [0.25, 0.3) is 0 Å². The molecule has 2 aliphatic heterocycles. The summed E-state index contributed by atoms with van der Waals surface area (Å²) in [5.41, 5.74) is 0. The Morgan fingerprint density at radius 2 is 2.12 bits per heavy atom. The van der Waals surface area contributed by atoms with E-state index < -0.39 is 8.07 Å². The zero-order valence-electron chi connectivity index (χ0n) is 11.8. The molecule has 0 radical (unpaired) electrons. The van der Waals surface area contributed by atoms with Crippen LogP contribution < -0.4 is 0 Å². The molecule has 2 atom stereocenters. The summed E-state index contributed by atoms with van der Waals surface area (Å²) in [6.07, 6.45) is 7.41. The van der Waals surface area contributed by atoms with Crippen LogP contribution in [-0.2, 0) is 9.47 Å². The topological polar surface area (TPSA) is 21.8 Å². The molecule has 3 heteroatoms. The summed E-state index contributed by atoms with van der Waals surface area (Å²) in [5, 5.41) is 0.657. The van der Waals surface area contributed by atoms with Crippen molar-refractivity contribution in [2.75, 3.05) is 19.8 Å². The highest BCUT2D eigenvalue weighted by atomic mass is 28.3. The predicted octanol–water partition coefficient (Wildman–Crippen LogP) is 3.83. The van der Waals surface area contributed by atoms with E-state index in [4.69, 9.17) is 9.47 Å². The fraction of sp³-hybridized carbons (Fsp3) is 1.00. The van der Waals surface area contributed by atoms with Crippen LogP contribution in [0.1, 0.15) is 39.0 Å². The second-order valence-electron chi connectivity index (χ2n) is 6.79. The van der Waals surface area contributed by atoms with Crippen LogP contribution in [0.5, 0.6) is 0 Å². The number of epoxide rings is 1. The van der Waals surface area contributed by atoms with Crippen molar-refractivity contribution in [2.24, 2.45) is 0 Å². The van der Waals surface area contributed by atoms with Crippen molar-refractivity contribution in [3.05, 3.63) is 0 Å². The molecule has 2 aliphatic rings. The average Bonchev–Trinajstić information content (AvgIpc) is 3.06. The molecule has 2 heterocycles. The van der Waals surface area contributed by atoms with Gasteiger partial charge in [-0.3, -0.25) is 0 Å². The van der Waals surface area contributed by atoms with Gasteiger partial charge in [-0.25, -0.2) is 0 Å². The van der Waals surface area contributed by atoms with Crippen molar-refractivity contribution < 1.29 is 9.47 Å². The lowest BCUT2D eigenvalue weighted by atomic mass is 9.97. The molecule has 0 saturated carbocycles. The molecule has 0 N–H and O–H groups in total. The van der Waals surface area contributed by atoms with E-state index in [1.54, 1.807) is 0 Å². The maximum Gasteiger partial charge on any atom is 0.104 e. The van der Waals surface area contributed by atoms with E-state index in [0.29, 0.717) is 11.1 Å². The van der Waals surface area contributed by atoms with E-state index in [0.717, 1.165) is 19.8 Å². The van der Waals surface area contributed by atoms with E-state index in [9.17, 15) is 0 Å². The average molecular weight is 256 g/mol. The first-order chi connectivity index (χ1) is 8.04. The van der Waals surface area contributed by atoms with Crippen LogP contribution in [0, 0.1) is 0 Å². The van der Waals surface area contributed by atoms with Gasteiger partial charge in [0.2, 0.25) is 0 Å². The zero-order chi connectivity index (χ0) is 12.4. The molecule has 0 bridgehead atoms. The van der Waals surface area contributed by atoms with Crippen LogP contribution >= 0.6 is 0 Å². The molecule has 0 aliphatic carbocycles. The molecular weight excluding hydrogens is 228 g/mol. The zero-order valence-corrected chi connectivity index (χ0v) is 12.8. The lowest BCUT2D eigenvalue weighted by Gasteiger charge is -2.47. The van der Waals surface area contributed by atoms with Gasteiger partial charge in [-0.1, -0.05) is 45.3 Å². The highest BCUT2D eigenvalue weighted by Crippen LogP contribution is 2.52. The summed E-state index contributed by atoms with van der Waals surface area (Å²) in [6, 6.07) is 1.53. The van der Waals surface area contributed by atoms with Crippen molar-refractivity contribution in [3.8, 4) is 0 Å². The van der Waals surface area contributed by atoms with Gasteiger partial charge < -0.3 is 9.47 Å². The normalized spacial score (nSPS) is 35.8. The van der Waals surface area contributed by atoms with Gasteiger partial charge in [0, 0.05) is 6.61 Å². The molecule has 0 amide bonds. The summed E-state index contributed by atoms with van der Waals surface area (Å²) in [6.45, 7) is 10.4. The third-order valence-electron chi connectivity index (χ3n) is 5.14. The number of hydrogen-bond donors (Lipinski definition) is 0. The third-order valence-corrected chi connectivity index (χ3v) is 10.5. The van der Waals surface area contributed by atoms with E-state index in [2.05, 4.69) is 20.0 Å². The van der Waals surface area contributed by atoms with Gasteiger partial charge in [-0.15, -0.1) is 0 Å². The molecular formula is C14H28O2Si. The summed E-state index contributed by atoms with van der Waals surface area (Å²) in [7, 11) is -0.994. The molecule has 0 aromatic rings. The lowest BCUT2D eigenvalue weighted by Crippen LogP contribution is -2.43. The summed E-state index contributed by atoms with van der Waals surface area (Å²) < 4.78 is 10.8. The van der Waals surface area contributed by atoms with Crippen LogP contribution in [0.15, 0.2) is 0 Å². The third kappa shape index (κ3) is 3.55. The van der Waals surface area contributed by atoms with Gasteiger partial charge >= 0.3 is 0 Å². The Morgan fingerprint density at radius 3 is 2.76 bits per heavy atom. The van der Waals surface area contributed by atoms with Gasteiger partial charge in [0.1, 0.15) is 6.10 Å². The molecule has 0 aromatic carbocycles. The van der Waals surface area contributed by atoms with Crippen molar-refractivity contribution in [1.82, 2.24) is 0 Å². The quantitative estimate of drug-likeness (QED) is 0.409. The number of hydrogen-bond acceptors (Lipinski definition) is 2. The van der Waals surface area contributed by atoms with Crippen molar-refractivity contribution >= 4 is 8.07 Å². The largest absolute Gasteiger partial charge is 0.379 e. The van der Waals surface area contributed by atoms with E-state index in [1.165, 1.54) is 38.1 Å². The fourth-order valence-electron chi connectivity index (χ4n) is 3.13. The van der Waals surface area contributed by atoms with E-state index >= 15 is 0 Å². The maximum atomic E-state index is 5.65. The molecule has 0 spiro atoms. The molecule has 2 rings (SSSR count). The van der Waals surface area contributed by atoms with Crippen LogP contribution in [-0.4, -0.2) is 34.0 Å². The first kappa shape index (κ1) is 13.6. The summed E-state index contributed by atoms with van der Waals surface area (Å²) in [4.78, 5) is 0. The first-order valence-corrected chi connectivity index (χ1v) is 10.4. The Morgan fingerprint density at radius 1 is 1.35 bits per heavy atom. The Labute approximate surface area is 107 Å². The molecule has 2 fully saturated rings. The van der Waals surface area contributed by atoms with Crippen LogP contribution in [0.25, 0.3) is 0 Å². The van der Waals surface area contributed by atoms with Crippen molar-refractivity contribution in [1.29, 1.82) is 0 Å². The van der Waals surface area contributed by atoms with E-state index in [1.807, 2.05) is 0 Å². The Kier molecular flexibility index (Phi) is 4.32. The minimum atomic E-state index is -0.994. The van der Waals surface area contributed by atoms with Gasteiger partial charge in [-0.2, -0.15) is 0 Å². The van der Waals surface area contributed by atoms with E-state index in [-0.39, 0.29) is 0 Å². The Hall–Kier alpha value is 0.137. The molecule has 2 nitrogen and oxygen atoms in total. The predicted molar refractivity (Wildman–Crippen MR) is 74.3 cm³/mol. The Bertz CT molecular complexity index is 251. The molecule has 2 unspecified atom stereocenters. The van der Waals surface area contributed by atoms with Crippen molar-refractivity contribution in [2.45, 2.75) is 69.3 Å². The van der Waals surface area contributed by atoms with Gasteiger partial charge in [0.05, 0.1) is 21.3 Å². The first-order valence-electron chi connectivity index (χ1n) is 7.23. The van der Waals surface area contributed by atoms with Gasteiger partial charge in [0.15, 0.2) is 0 Å². The molecule has 100 valence electrons. The minimum Gasteiger partial charge on any atom is -0.379 e. The lowest BCUT2D eigenvalue weighted by molar-refractivity contribution is 0.110. The van der Waals surface area contributed by atoms with Crippen LogP contribution in [0.4, 0.5) is 0 Å².